The summed E-state index contributed by atoms with van der Waals surface area (Å²) in [6.45, 7) is 0. The first-order valence-electron chi connectivity index (χ1n) is 12.6. The molecule has 2 amide bonds. The summed E-state index contributed by atoms with van der Waals surface area (Å²) in [5.41, 5.74) is 0.209. The smallest absolute Gasteiger partial charge is 0.220 e. The van der Waals surface area contributed by atoms with Crippen molar-refractivity contribution in [2.24, 2.45) is 35.5 Å². The zero-order chi connectivity index (χ0) is 19.6. The molecule has 4 nitrogen and oxygen atoms in total. The zero-order valence-electron chi connectivity index (χ0n) is 17.9. The van der Waals surface area contributed by atoms with Crippen LogP contribution in [0.2, 0.25) is 0 Å². The second-order valence-electron chi connectivity index (χ2n) is 12.3. The third-order valence-corrected chi connectivity index (χ3v) is 9.69. The monoisotopic (exact) mass is 398 g/mol. The van der Waals surface area contributed by atoms with Gasteiger partial charge in [0.2, 0.25) is 11.8 Å². The molecule has 0 saturated heterocycles. The summed E-state index contributed by atoms with van der Waals surface area (Å²) < 4.78 is 0. The molecular formula is C25H38N2O2. The zero-order valence-corrected chi connectivity index (χ0v) is 17.9. The van der Waals surface area contributed by atoms with Gasteiger partial charge < -0.3 is 10.6 Å². The molecule has 0 aromatic rings. The molecule has 0 aromatic heterocycles. The van der Waals surface area contributed by atoms with Crippen molar-refractivity contribution in [2.75, 3.05) is 0 Å². The van der Waals surface area contributed by atoms with Crippen molar-refractivity contribution in [2.45, 2.75) is 107 Å². The van der Waals surface area contributed by atoms with Crippen LogP contribution in [-0.2, 0) is 9.59 Å². The fourth-order valence-electron chi connectivity index (χ4n) is 9.65. The van der Waals surface area contributed by atoms with Crippen LogP contribution in [0.5, 0.6) is 0 Å². The molecule has 0 unspecified atom stereocenters. The Labute approximate surface area is 175 Å². The van der Waals surface area contributed by atoms with E-state index in [2.05, 4.69) is 10.6 Å². The van der Waals surface area contributed by atoms with Crippen molar-refractivity contribution < 1.29 is 9.59 Å². The maximum Gasteiger partial charge on any atom is 0.220 e. The van der Waals surface area contributed by atoms with E-state index >= 15 is 0 Å². The van der Waals surface area contributed by atoms with Crippen LogP contribution < -0.4 is 10.6 Å². The van der Waals surface area contributed by atoms with Crippen LogP contribution >= 0.6 is 0 Å². The van der Waals surface area contributed by atoms with E-state index in [4.69, 9.17) is 0 Å². The van der Waals surface area contributed by atoms with E-state index in [1.807, 2.05) is 0 Å². The van der Waals surface area contributed by atoms with Crippen LogP contribution in [0.4, 0.5) is 0 Å². The minimum atomic E-state index is 0.104. The standard InChI is InChI=1S/C25H38N2O2/c28-22(26-24-10-16-4-17(11-24)6-18(5-16)12-24)2-1-3-23(29)27-25-13-19-7-20(14-25)9-21(8-19)15-25/h16-21H,1-15H2,(H,26,28)(H,27,29). The first-order chi connectivity index (χ1) is 14.0. The van der Waals surface area contributed by atoms with Gasteiger partial charge in [-0.25, -0.2) is 0 Å². The quantitative estimate of drug-likeness (QED) is 0.700. The summed E-state index contributed by atoms with van der Waals surface area (Å²) in [6.07, 6.45) is 17.4. The topological polar surface area (TPSA) is 58.2 Å². The maximum absolute atomic E-state index is 12.7. The highest BCUT2D eigenvalue weighted by Crippen LogP contribution is 2.56. The van der Waals surface area contributed by atoms with Gasteiger partial charge in [0.15, 0.2) is 0 Å². The molecule has 8 saturated carbocycles. The summed E-state index contributed by atoms with van der Waals surface area (Å²) >= 11 is 0. The average Bonchev–Trinajstić information content (AvgIpc) is 2.58. The van der Waals surface area contributed by atoms with Gasteiger partial charge in [-0.1, -0.05) is 0 Å². The molecule has 0 heterocycles. The van der Waals surface area contributed by atoms with E-state index in [0.717, 1.165) is 35.5 Å². The molecule has 0 aromatic carbocycles. The molecular weight excluding hydrogens is 360 g/mol. The van der Waals surface area contributed by atoms with Gasteiger partial charge in [-0.3, -0.25) is 9.59 Å². The lowest BCUT2D eigenvalue weighted by Gasteiger charge is -2.57. The van der Waals surface area contributed by atoms with Gasteiger partial charge in [-0.05, 0) is 119 Å². The second kappa shape index (κ2) is 6.72. The Morgan fingerprint density at radius 3 is 1.10 bits per heavy atom. The maximum atomic E-state index is 12.7. The van der Waals surface area contributed by atoms with Crippen molar-refractivity contribution in [3.05, 3.63) is 0 Å². The lowest BCUT2D eigenvalue weighted by atomic mass is 9.53. The first kappa shape index (κ1) is 18.7. The fourth-order valence-corrected chi connectivity index (χ4v) is 9.65. The largest absolute Gasteiger partial charge is 0.351 e. The van der Waals surface area contributed by atoms with Crippen LogP contribution in [0.3, 0.4) is 0 Å². The fraction of sp³-hybridized carbons (Fsp3) is 0.920. The Morgan fingerprint density at radius 2 is 0.828 bits per heavy atom. The number of carbonyl (C=O) groups excluding carboxylic acids is 2. The molecule has 8 aliphatic carbocycles. The molecule has 8 aliphatic rings. The summed E-state index contributed by atoms with van der Waals surface area (Å²) in [4.78, 5) is 25.4. The highest BCUT2D eigenvalue weighted by Gasteiger charge is 2.52. The van der Waals surface area contributed by atoms with Crippen LogP contribution in [0.15, 0.2) is 0 Å². The Balaban J connectivity index is 0.975. The van der Waals surface area contributed by atoms with Crippen molar-refractivity contribution in [3.63, 3.8) is 0 Å². The van der Waals surface area contributed by atoms with E-state index in [-0.39, 0.29) is 22.9 Å². The molecule has 8 fully saturated rings. The predicted octanol–water partition coefficient (Wildman–Crippen LogP) is 4.33. The molecule has 0 aliphatic heterocycles. The van der Waals surface area contributed by atoms with Gasteiger partial charge in [0.1, 0.15) is 0 Å². The minimum Gasteiger partial charge on any atom is -0.351 e. The highest BCUT2D eigenvalue weighted by molar-refractivity contribution is 5.79. The number of carbonyl (C=O) groups is 2. The SMILES string of the molecule is O=C(CCCC(=O)NC12CC3CC(CC(C3)C1)C2)NC12CC3CC(CC(C3)C1)C2. The Morgan fingerprint density at radius 1 is 0.552 bits per heavy atom. The molecule has 8 rings (SSSR count). The van der Waals surface area contributed by atoms with Crippen LogP contribution in [-0.4, -0.2) is 22.9 Å². The van der Waals surface area contributed by atoms with Gasteiger partial charge in [-0.2, -0.15) is 0 Å². The molecule has 0 spiro atoms. The summed E-state index contributed by atoms with van der Waals surface area (Å²) in [5, 5.41) is 6.91. The van der Waals surface area contributed by atoms with E-state index in [9.17, 15) is 9.59 Å². The molecule has 2 N–H and O–H groups in total. The Bertz CT molecular complexity index is 570. The number of amides is 2. The molecule has 4 heteroatoms. The lowest BCUT2D eigenvalue weighted by Crippen LogP contribution is -2.60. The Kier molecular flexibility index (Phi) is 4.33. The first-order valence-corrected chi connectivity index (χ1v) is 12.6. The van der Waals surface area contributed by atoms with E-state index in [1.165, 1.54) is 77.0 Å². The Hall–Kier alpha value is -1.06. The van der Waals surface area contributed by atoms with Crippen molar-refractivity contribution in [1.82, 2.24) is 10.6 Å². The van der Waals surface area contributed by atoms with Gasteiger partial charge in [0.25, 0.3) is 0 Å². The molecule has 160 valence electrons. The van der Waals surface area contributed by atoms with Gasteiger partial charge in [0.05, 0.1) is 0 Å². The van der Waals surface area contributed by atoms with Crippen molar-refractivity contribution >= 4 is 11.8 Å². The predicted molar refractivity (Wildman–Crippen MR) is 112 cm³/mol. The minimum absolute atomic E-state index is 0.104. The van der Waals surface area contributed by atoms with Gasteiger partial charge in [-0.15, -0.1) is 0 Å². The van der Waals surface area contributed by atoms with E-state index in [0.29, 0.717) is 19.3 Å². The normalized spacial score (nSPS) is 48.7. The number of hydrogen-bond acceptors (Lipinski definition) is 2. The second-order valence-corrected chi connectivity index (χ2v) is 12.3. The third kappa shape index (κ3) is 3.53. The number of hydrogen-bond donors (Lipinski definition) is 2. The summed E-state index contributed by atoms with van der Waals surface area (Å²) in [5.74, 6) is 5.50. The van der Waals surface area contributed by atoms with E-state index < -0.39 is 0 Å². The number of rotatable bonds is 6. The molecule has 0 atom stereocenters. The number of nitrogens with one attached hydrogen (secondary N) is 2. The van der Waals surface area contributed by atoms with E-state index in [1.54, 1.807) is 0 Å². The summed E-state index contributed by atoms with van der Waals surface area (Å²) in [6, 6.07) is 0. The average molecular weight is 399 g/mol. The lowest BCUT2D eigenvalue weighted by molar-refractivity contribution is -0.128. The van der Waals surface area contributed by atoms with Gasteiger partial charge >= 0.3 is 0 Å². The summed E-state index contributed by atoms with van der Waals surface area (Å²) in [7, 11) is 0. The highest BCUT2D eigenvalue weighted by atomic mass is 16.2. The molecule has 29 heavy (non-hydrogen) atoms. The van der Waals surface area contributed by atoms with Crippen LogP contribution in [0.1, 0.15) is 96.3 Å². The van der Waals surface area contributed by atoms with Crippen LogP contribution in [0.25, 0.3) is 0 Å². The molecule has 0 radical (unpaired) electrons. The van der Waals surface area contributed by atoms with Crippen molar-refractivity contribution in [3.8, 4) is 0 Å². The third-order valence-electron chi connectivity index (χ3n) is 9.69. The van der Waals surface area contributed by atoms with Crippen molar-refractivity contribution in [1.29, 1.82) is 0 Å². The van der Waals surface area contributed by atoms with Crippen LogP contribution in [0, 0.1) is 35.5 Å². The van der Waals surface area contributed by atoms with Gasteiger partial charge in [0, 0.05) is 23.9 Å². The molecule has 8 bridgehead atoms.